The zero-order chi connectivity index (χ0) is 19.1. The van der Waals surface area contributed by atoms with Gasteiger partial charge in [-0.25, -0.2) is 0 Å². The van der Waals surface area contributed by atoms with Crippen molar-refractivity contribution in [3.8, 4) is 0 Å². The number of benzene rings is 1. The van der Waals surface area contributed by atoms with Crippen LogP contribution in [0.3, 0.4) is 0 Å². The Morgan fingerprint density at radius 2 is 1.54 bits per heavy atom. The van der Waals surface area contributed by atoms with Gasteiger partial charge in [-0.15, -0.1) is 0 Å². The molecule has 4 saturated carbocycles. The number of carbonyl (C=O) groups excluding carboxylic acids is 2. The molecule has 5 heteroatoms. The van der Waals surface area contributed by atoms with Crippen LogP contribution in [0.4, 0.5) is 0 Å². The lowest BCUT2D eigenvalue weighted by atomic mass is 9.53. The minimum absolute atomic E-state index is 0.108. The van der Waals surface area contributed by atoms with E-state index < -0.39 is 0 Å². The molecule has 0 atom stereocenters. The molecule has 1 heterocycles. The Balaban J connectivity index is 1.12. The van der Waals surface area contributed by atoms with Gasteiger partial charge in [0.15, 0.2) is 6.54 Å². The number of nitrogens with zero attached hydrogens (tertiary/aromatic N) is 1. The Morgan fingerprint density at radius 3 is 2.11 bits per heavy atom. The summed E-state index contributed by atoms with van der Waals surface area (Å²) >= 11 is 0. The summed E-state index contributed by atoms with van der Waals surface area (Å²) < 4.78 is 0. The molecule has 150 valence electrons. The van der Waals surface area contributed by atoms with Gasteiger partial charge in [-0.2, -0.15) is 0 Å². The zero-order valence-corrected chi connectivity index (χ0v) is 16.7. The molecule has 2 N–H and O–H groups in total. The van der Waals surface area contributed by atoms with Crippen LogP contribution in [0.2, 0.25) is 0 Å². The number of quaternary nitrogens is 1. The van der Waals surface area contributed by atoms with E-state index in [0.29, 0.717) is 6.54 Å². The molecule has 1 aromatic rings. The van der Waals surface area contributed by atoms with Crippen molar-refractivity contribution in [3.63, 3.8) is 0 Å². The van der Waals surface area contributed by atoms with Gasteiger partial charge in [-0.3, -0.25) is 9.59 Å². The van der Waals surface area contributed by atoms with E-state index in [9.17, 15) is 9.59 Å². The van der Waals surface area contributed by atoms with E-state index in [4.69, 9.17) is 0 Å². The fourth-order valence-electron chi connectivity index (χ4n) is 6.80. The van der Waals surface area contributed by atoms with Gasteiger partial charge in [0.05, 0.1) is 26.2 Å². The first-order valence-electron chi connectivity index (χ1n) is 11.1. The summed E-state index contributed by atoms with van der Waals surface area (Å²) in [6.45, 7) is 3.72. The summed E-state index contributed by atoms with van der Waals surface area (Å²) in [4.78, 5) is 28.6. The Hall–Kier alpha value is -1.88. The second kappa shape index (κ2) is 7.18. The fraction of sp³-hybridized carbons (Fsp3) is 0.652. The van der Waals surface area contributed by atoms with Crippen LogP contribution >= 0.6 is 0 Å². The number of piperazine rings is 1. The molecule has 0 spiro atoms. The van der Waals surface area contributed by atoms with Crippen molar-refractivity contribution < 1.29 is 14.5 Å². The third-order valence-electron chi connectivity index (χ3n) is 7.63. The summed E-state index contributed by atoms with van der Waals surface area (Å²) in [6.07, 6.45) is 7.83. The Kier molecular flexibility index (Phi) is 4.66. The van der Waals surface area contributed by atoms with Crippen LogP contribution in [0.15, 0.2) is 30.3 Å². The van der Waals surface area contributed by atoms with Crippen LogP contribution in [0, 0.1) is 17.8 Å². The van der Waals surface area contributed by atoms with Gasteiger partial charge in [0.2, 0.25) is 0 Å². The third-order valence-corrected chi connectivity index (χ3v) is 7.63. The van der Waals surface area contributed by atoms with E-state index in [1.54, 1.807) is 0 Å². The summed E-state index contributed by atoms with van der Waals surface area (Å²) in [5.41, 5.74) is 0.863. The van der Waals surface area contributed by atoms with Crippen LogP contribution < -0.4 is 10.2 Å². The molecule has 5 fully saturated rings. The lowest BCUT2D eigenvalue weighted by Gasteiger charge is -2.56. The average molecular weight is 383 g/mol. The van der Waals surface area contributed by atoms with E-state index in [0.717, 1.165) is 49.5 Å². The van der Waals surface area contributed by atoms with Gasteiger partial charge < -0.3 is 15.1 Å². The SMILES string of the molecule is O=C(C[NH+]1CCN(C(=O)c2ccccc2)CC1)NC12CC3CC(CC(C3)C1)C2. The molecular weight excluding hydrogens is 350 g/mol. The molecule has 2 amide bonds. The lowest BCUT2D eigenvalue weighted by molar-refractivity contribution is -0.896. The summed E-state index contributed by atoms with van der Waals surface area (Å²) in [7, 11) is 0. The highest BCUT2D eigenvalue weighted by atomic mass is 16.2. The molecular formula is C23H32N3O2+. The van der Waals surface area contributed by atoms with Gasteiger partial charge >= 0.3 is 0 Å². The zero-order valence-electron chi connectivity index (χ0n) is 16.7. The first-order valence-corrected chi connectivity index (χ1v) is 11.1. The predicted molar refractivity (Wildman–Crippen MR) is 107 cm³/mol. The van der Waals surface area contributed by atoms with Crippen LogP contribution in [0.5, 0.6) is 0 Å². The van der Waals surface area contributed by atoms with Crippen LogP contribution in [0.1, 0.15) is 48.9 Å². The molecule has 0 aromatic heterocycles. The Morgan fingerprint density at radius 1 is 0.964 bits per heavy atom. The van der Waals surface area contributed by atoms with E-state index >= 15 is 0 Å². The number of rotatable bonds is 4. The molecule has 28 heavy (non-hydrogen) atoms. The van der Waals surface area contributed by atoms with Crippen molar-refractivity contribution in [3.05, 3.63) is 35.9 Å². The van der Waals surface area contributed by atoms with E-state index in [2.05, 4.69) is 5.32 Å². The minimum atomic E-state index is 0.108. The largest absolute Gasteiger partial charge is 0.346 e. The van der Waals surface area contributed by atoms with Gasteiger partial charge in [-0.05, 0) is 68.4 Å². The Bertz CT molecular complexity index is 704. The lowest BCUT2D eigenvalue weighted by Crippen LogP contribution is -3.16. The van der Waals surface area contributed by atoms with Gasteiger partial charge in [0.25, 0.3) is 11.8 Å². The molecule has 5 aliphatic rings. The maximum atomic E-state index is 12.8. The van der Waals surface area contributed by atoms with Gasteiger partial charge in [0, 0.05) is 11.1 Å². The summed E-state index contributed by atoms with van der Waals surface area (Å²) in [5.74, 6) is 2.89. The van der Waals surface area contributed by atoms with Crippen molar-refractivity contribution in [1.29, 1.82) is 0 Å². The second-order valence-electron chi connectivity index (χ2n) is 9.83. The number of amides is 2. The molecule has 1 aromatic carbocycles. The van der Waals surface area contributed by atoms with Crippen molar-refractivity contribution in [2.75, 3.05) is 32.7 Å². The number of carbonyl (C=O) groups is 2. The number of hydrogen-bond donors (Lipinski definition) is 2. The first-order chi connectivity index (χ1) is 13.6. The normalized spacial score (nSPS) is 34.4. The predicted octanol–water partition coefficient (Wildman–Crippen LogP) is 1.11. The highest BCUT2D eigenvalue weighted by Gasteiger charge is 2.51. The molecule has 6 rings (SSSR count). The van der Waals surface area contributed by atoms with E-state index in [1.165, 1.54) is 43.4 Å². The highest BCUT2D eigenvalue weighted by Crippen LogP contribution is 2.55. The minimum Gasteiger partial charge on any atom is -0.346 e. The van der Waals surface area contributed by atoms with E-state index in [-0.39, 0.29) is 17.4 Å². The quantitative estimate of drug-likeness (QED) is 0.820. The first kappa shape index (κ1) is 18.2. The third kappa shape index (κ3) is 3.57. The molecule has 0 radical (unpaired) electrons. The smallest absolute Gasteiger partial charge is 0.275 e. The van der Waals surface area contributed by atoms with Crippen molar-refractivity contribution in [2.24, 2.45) is 17.8 Å². The van der Waals surface area contributed by atoms with Crippen LogP contribution in [-0.2, 0) is 4.79 Å². The molecule has 1 saturated heterocycles. The van der Waals surface area contributed by atoms with Gasteiger partial charge in [0.1, 0.15) is 0 Å². The maximum absolute atomic E-state index is 12.8. The highest BCUT2D eigenvalue weighted by molar-refractivity contribution is 5.94. The molecule has 0 unspecified atom stereocenters. The molecule has 1 aliphatic heterocycles. The average Bonchev–Trinajstić information content (AvgIpc) is 2.67. The van der Waals surface area contributed by atoms with Crippen LogP contribution in [0.25, 0.3) is 0 Å². The van der Waals surface area contributed by atoms with Crippen LogP contribution in [-0.4, -0.2) is 55.0 Å². The molecule has 5 nitrogen and oxygen atoms in total. The number of nitrogens with one attached hydrogen (secondary N) is 2. The van der Waals surface area contributed by atoms with E-state index in [1.807, 2.05) is 35.2 Å². The monoisotopic (exact) mass is 382 g/mol. The maximum Gasteiger partial charge on any atom is 0.275 e. The Labute approximate surface area is 167 Å². The van der Waals surface area contributed by atoms with Crippen molar-refractivity contribution in [2.45, 2.75) is 44.1 Å². The molecule has 4 bridgehead atoms. The number of hydrogen-bond acceptors (Lipinski definition) is 2. The second-order valence-corrected chi connectivity index (χ2v) is 9.83. The fourth-order valence-corrected chi connectivity index (χ4v) is 6.80. The molecule has 4 aliphatic carbocycles. The topological polar surface area (TPSA) is 53.9 Å². The standard InChI is InChI=1S/C23H31N3O2/c27-21(24-23-13-17-10-18(14-23)12-19(11-17)15-23)16-25-6-8-26(9-7-25)22(28)20-4-2-1-3-5-20/h1-5,17-19H,6-16H2,(H,24,27)/p+1. The van der Waals surface area contributed by atoms with Gasteiger partial charge in [-0.1, -0.05) is 18.2 Å². The summed E-state index contributed by atoms with van der Waals surface area (Å²) in [6, 6.07) is 9.50. The van der Waals surface area contributed by atoms with Crippen molar-refractivity contribution in [1.82, 2.24) is 10.2 Å². The van der Waals surface area contributed by atoms with Crippen molar-refractivity contribution >= 4 is 11.8 Å². The summed E-state index contributed by atoms with van der Waals surface area (Å²) in [5, 5.41) is 3.49.